The number of rotatable bonds is 1. The van der Waals surface area contributed by atoms with Crippen molar-refractivity contribution in [1.82, 2.24) is 9.97 Å². The molecule has 3 nitrogen and oxygen atoms in total. The van der Waals surface area contributed by atoms with Gasteiger partial charge in [-0.2, -0.15) is 0 Å². The third-order valence-electron chi connectivity index (χ3n) is 1.90. The van der Waals surface area contributed by atoms with Crippen molar-refractivity contribution < 1.29 is 5.11 Å². The second kappa shape index (κ2) is 3.42. The second-order valence-corrected chi connectivity index (χ2v) is 4.23. The van der Waals surface area contributed by atoms with E-state index in [2.05, 4.69) is 30.7 Å². The highest BCUT2D eigenvalue weighted by molar-refractivity contribution is 5.17. The van der Waals surface area contributed by atoms with Gasteiger partial charge >= 0.3 is 0 Å². The average molecular weight is 180 g/mol. The molecule has 0 aliphatic rings. The fraction of sp³-hybridized carbons (Fsp3) is 0.600. The van der Waals surface area contributed by atoms with Gasteiger partial charge in [0.2, 0.25) is 0 Å². The summed E-state index contributed by atoms with van der Waals surface area (Å²) < 4.78 is 0. The Hall–Kier alpha value is -0.960. The van der Waals surface area contributed by atoms with Crippen molar-refractivity contribution in [2.75, 3.05) is 0 Å². The number of aliphatic hydroxyl groups is 1. The maximum Gasteiger partial charge on any atom is 0.133 e. The Morgan fingerprint density at radius 1 is 1.38 bits per heavy atom. The van der Waals surface area contributed by atoms with Crippen LogP contribution in [0.2, 0.25) is 0 Å². The van der Waals surface area contributed by atoms with Crippen LogP contribution in [0.4, 0.5) is 0 Å². The van der Waals surface area contributed by atoms with Gasteiger partial charge in [0.25, 0.3) is 0 Å². The van der Waals surface area contributed by atoms with E-state index in [9.17, 15) is 0 Å². The maximum atomic E-state index is 9.02. The van der Waals surface area contributed by atoms with Crippen LogP contribution in [-0.4, -0.2) is 15.1 Å². The van der Waals surface area contributed by atoms with Crippen molar-refractivity contribution in [3.8, 4) is 0 Å². The molecule has 0 fully saturated rings. The lowest BCUT2D eigenvalue weighted by atomic mass is 9.95. The van der Waals surface area contributed by atoms with Gasteiger partial charge in [-0.15, -0.1) is 0 Å². The number of nitrogens with zero attached hydrogens (tertiary/aromatic N) is 2. The van der Waals surface area contributed by atoms with Crippen LogP contribution in [0.25, 0.3) is 0 Å². The Morgan fingerprint density at radius 3 is 2.46 bits per heavy atom. The van der Waals surface area contributed by atoms with Gasteiger partial charge in [0.15, 0.2) is 0 Å². The van der Waals surface area contributed by atoms with Gasteiger partial charge < -0.3 is 5.11 Å². The standard InChI is InChI=1S/C10H16N2O/c1-7-5-11-9(10(2,3)4)12-8(7)6-13/h5,13H,6H2,1-4H3. The van der Waals surface area contributed by atoms with E-state index in [0.29, 0.717) is 0 Å². The smallest absolute Gasteiger partial charge is 0.133 e. The predicted octanol–water partition coefficient (Wildman–Crippen LogP) is 1.57. The SMILES string of the molecule is Cc1cnc(C(C)(C)C)nc1CO. The summed E-state index contributed by atoms with van der Waals surface area (Å²) in [5.74, 6) is 0.780. The molecule has 0 aliphatic heterocycles. The Kier molecular flexibility index (Phi) is 2.66. The van der Waals surface area contributed by atoms with E-state index in [0.717, 1.165) is 17.1 Å². The first-order chi connectivity index (χ1) is 5.95. The molecule has 1 aromatic heterocycles. The van der Waals surface area contributed by atoms with Crippen LogP contribution in [0.3, 0.4) is 0 Å². The Morgan fingerprint density at radius 2 is 2.00 bits per heavy atom. The van der Waals surface area contributed by atoms with Crippen molar-refractivity contribution in [2.45, 2.75) is 39.7 Å². The fourth-order valence-electron chi connectivity index (χ4n) is 0.999. The molecule has 0 spiro atoms. The van der Waals surface area contributed by atoms with Gasteiger partial charge in [0.1, 0.15) is 5.82 Å². The molecule has 3 heteroatoms. The average Bonchev–Trinajstić information content (AvgIpc) is 2.03. The molecule has 13 heavy (non-hydrogen) atoms. The topological polar surface area (TPSA) is 46.0 Å². The molecule has 0 amide bonds. The number of aliphatic hydroxyl groups excluding tert-OH is 1. The highest BCUT2D eigenvalue weighted by Crippen LogP contribution is 2.18. The van der Waals surface area contributed by atoms with Crippen LogP contribution in [0.5, 0.6) is 0 Å². The van der Waals surface area contributed by atoms with Crippen LogP contribution in [-0.2, 0) is 12.0 Å². The van der Waals surface area contributed by atoms with Gasteiger partial charge in [-0.1, -0.05) is 20.8 Å². The lowest BCUT2D eigenvalue weighted by molar-refractivity contribution is 0.274. The molecular formula is C10H16N2O. The quantitative estimate of drug-likeness (QED) is 0.713. The summed E-state index contributed by atoms with van der Waals surface area (Å²) in [7, 11) is 0. The van der Waals surface area contributed by atoms with Crippen molar-refractivity contribution in [3.63, 3.8) is 0 Å². The normalized spacial score (nSPS) is 11.8. The van der Waals surface area contributed by atoms with Crippen LogP contribution >= 0.6 is 0 Å². The molecule has 0 unspecified atom stereocenters. The summed E-state index contributed by atoms with van der Waals surface area (Å²) >= 11 is 0. The summed E-state index contributed by atoms with van der Waals surface area (Å²) in [5, 5.41) is 9.02. The van der Waals surface area contributed by atoms with Crippen molar-refractivity contribution in [1.29, 1.82) is 0 Å². The minimum absolute atomic E-state index is 0.0164. The first-order valence-corrected chi connectivity index (χ1v) is 4.39. The maximum absolute atomic E-state index is 9.02. The highest BCUT2D eigenvalue weighted by Gasteiger charge is 2.17. The van der Waals surface area contributed by atoms with Crippen LogP contribution in [0, 0.1) is 6.92 Å². The molecular weight excluding hydrogens is 164 g/mol. The number of aromatic nitrogens is 2. The van der Waals surface area contributed by atoms with Crippen LogP contribution in [0.15, 0.2) is 6.20 Å². The minimum atomic E-state index is -0.0579. The number of hydrogen-bond acceptors (Lipinski definition) is 3. The molecule has 1 N–H and O–H groups in total. The number of hydrogen-bond donors (Lipinski definition) is 1. The molecule has 1 aromatic rings. The van der Waals surface area contributed by atoms with Crippen LogP contribution in [0.1, 0.15) is 37.9 Å². The molecule has 0 aliphatic carbocycles. The summed E-state index contributed by atoms with van der Waals surface area (Å²) in [6.07, 6.45) is 1.76. The van der Waals surface area contributed by atoms with E-state index in [4.69, 9.17) is 5.11 Å². The molecule has 0 radical (unpaired) electrons. The van der Waals surface area contributed by atoms with Crippen molar-refractivity contribution >= 4 is 0 Å². The van der Waals surface area contributed by atoms with Gasteiger partial charge in [0, 0.05) is 11.6 Å². The monoisotopic (exact) mass is 180 g/mol. The summed E-state index contributed by atoms with van der Waals surface area (Å²) in [5.41, 5.74) is 1.60. The van der Waals surface area contributed by atoms with Gasteiger partial charge in [-0.3, -0.25) is 0 Å². The predicted molar refractivity (Wildman–Crippen MR) is 51.4 cm³/mol. The number of aryl methyl sites for hydroxylation is 1. The van der Waals surface area contributed by atoms with E-state index in [1.807, 2.05) is 6.92 Å². The molecule has 1 heterocycles. The van der Waals surface area contributed by atoms with E-state index in [1.54, 1.807) is 6.20 Å². The first kappa shape index (κ1) is 10.1. The lowest BCUT2D eigenvalue weighted by Gasteiger charge is -2.17. The van der Waals surface area contributed by atoms with Gasteiger partial charge in [-0.05, 0) is 12.5 Å². The molecule has 0 bridgehead atoms. The summed E-state index contributed by atoms with van der Waals surface area (Å²) in [6, 6.07) is 0. The molecule has 72 valence electrons. The van der Waals surface area contributed by atoms with Gasteiger partial charge in [0.05, 0.1) is 12.3 Å². The largest absolute Gasteiger partial charge is 0.390 e. The molecule has 1 rings (SSSR count). The van der Waals surface area contributed by atoms with E-state index >= 15 is 0 Å². The third kappa shape index (κ3) is 2.25. The molecule has 0 atom stereocenters. The fourth-order valence-corrected chi connectivity index (χ4v) is 0.999. The second-order valence-electron chi connectivity index (χ2n) is 4.23. The zero-order chi connectivity index (χ0) is 10.1. The summed E-state index contributed by atoms with van der Waals surface area (Å²) in [6.45, 7) is 8.05. The van der Waals surface area contributed by atoms with Crippen LogP contribution < -0.4 is 0 Å². The Balaban J connectivity index is 3.14. The molecule has 0 saturated carbocycles. The van der Waals surface area contributed by atoms with Crippen molar-refractivity contribution in [3.05, 3.63) is 23.3 Å². The minimum Gasteiger partial charge on any atom is -0.390 e. The zero-order valence-corrected chi connectivity index (χ0v) is 8.63. The van der Waals surface area contributed by atoms with E-state index in [-0.39, 0.29) is 12.0 Å². The Labute approximate surface area is 78.9 Å². The molecule has 0 saturated heterocycles. The van der Waals surface area contributed by atoms with E-state index in [1.165, 1.54) is 0 Å². The zero-order valence-electron chi connectivity index (χ0n) is 8.63. The highest BCUT2D eigenvalue weighted by atomic mass is 16.3. The Bertz CT molecular complexity index is 302. The first-order valence-electron chi connectivity index (χ1n) is 4.39. The van der Waals surface area contributed by atoms with E-state index < -0.39 is 0 Å². The van der Waals surface area contributed by atoms with Crippen molar-refractivity contribution in [2.24, 2.45) is 0 Å². The third-order valence-corrected chi connectivity index (χ3v) is 1.90. The lowest BCUT2D eigenvalue weighted by Crippen LogP contribution is -2.17. The summed E-state index contributed by atoms with van der Waals surface area (Å²) in [4.78, 5) is 8.54. The molecule has 0 aromatic carbocycles. The van der Waals surface area contributed by atoms with Gasteiger partial charge in [-0.25, -0.2) is 9.97 Å².